The number of halogens is 1. The molecular formula is C24H19ClN2O4. The zero-order valence-corrected chi connectivity index (χ0v) is 17.5. The molecule has 0 bridgehead atoms. The Morgan fingerprint density at radius 1 is 0.871 bits per heavy atom. The van der Waals surface area contributed by atoms with E-state index in [1.807, 2.05) is 30.3 Å². The monoisotopic (exact) mass is 434 g/mol. The van der Waals surface area contributed by atoms with Gasteiger partial charge in [-0.2, -0.15) is 0 Å². The molecule has 0 radical (unpaired) electrons. The summed E-state index contributed by atoms with van der Waals surface area (Å²) in [6.07, 6.45) is 0. The highest BCUT2D eigenvalue weighted by molar-refractivity contribution is 6.31. The van der Waals surface area contributed by atoms with Crippen molar-refractivity contribution in [2.45, 2.75) is 13.1 Å². The van der Waals surface area contributed by atoms with E-state index >= 15 is 0 Å². The standard InChI is InChI=1S/C24H19ClN2O4/c1-31-22-10-6-5-9-18(22)21(28)15-27-20-13-17(25)11-12-19(20)26(23(29)24(27)30)14-16-7-3-2-4-8-16/h2-13H,14-15H2,1H3. The van der Waals surface area contributed by atoms with Gasteiger partial charge in [-0.25, -0.2) is 0 Å². The van der Waals surface area contributed by atoms with Gasteiger partial charge in [0.05, 0.1) is 36.8 Å². The summed E-state index contributed by atoms with van der Waals surface area (Å²) in [6, 6.07) is 21.1. The van der Waals surface area contributed by atoms with Crippen molar-refractivity contribution >= 4 is 28.4 Å². The van der Waals surface area contributed by atoms with E-state index in [0.717, 1.165) is 5.56 Å². The fourth-order valence-corrected chi connectivity index (χ4v) is 3.74. The third-order valence-corrected chi connectivity index (χ3v) is 5.32. The number of methoxy groups -OCH3 is 1. The van der Waals surface area contributed by atoms with Gasteiger partial charge in [0.25, 0.3) is 0 Å². The van der Waals surface area contributed by atoms with Gasteiger partial charge in [0.15, 0.2) is 5.78 Å². The van der Waals surface area contributed by atoms with Crippen molar-refractivity contribution in [2.75, 3.05) is 7.11 Å². The molecule has 0 saturated carbocycles. The van der Waals surface area contributed by atoms with Crippen LogP contribution in [-0.4, -0.2) is 22.0 Å². The number of Topliss-reactive ketones (excluding diaryl/α,β-unsaturated/α-hetero) is 1. The SMILES string of the molecule is COc1ccccc1C(=O)Cn1c(=O)c(=O)n(Cc2ccccc2)c2ccc(Cl)cc21. The summed E-state index contributed by atoms with van der Waals surface area (Å²) in [4.78, 5) is 39.0. The summed E-state index contributed by atoms with van der Waals surface area (Å²) in [6.45, 7) is -0.0776. The van der Waals surface area contributed by atoms with Crippen LogP contribution in [0.1, 0.15) is 15.9 Å². The van der Waals surface area contributed by atoms with Gasteiger partial charge in [-0.05, 0) is 35.9 Å². The van der Waals surface area contributed by atoms with E-state index in [0.29, 0.717) is 27.4 Å². The van der Waals surface area contributed by atoms with Crippen LogP contribution >= 0.6 is 11.6 Å². The van der Waals surface area contributed by atoms with Crippen LogP contribution in [0.25, 0.3) is 11.0 Å². The third-order valence-electron chi connectivity index (χ3n) is 5.08. The summed E-state index contributed by atoms with van der Waals surface area (Å²) in [7, 11) is 1.47. The predicted octanol–water partition coefficient (Wildman–Crippen LogP) is 3.76. The molecule has 4 rings (SSSR count). The van der Waals surface area contributed by atoms with Crippen molar-refractivity contribution in [1.29, 1.82) is 0 Å². The molecule has 3 aromatic carbocycles. The van der Waals surface area contributed by atoms with Crippen LogP contribution in [0, 0.1) is 0 Å². The Morgan fingerprint density at radius 2 is 1.55 bits per heavy atom. The van der Waals surface area contributed by atoms with E-state index in [-0.39, 0.29) is 18.9 Å². The van der Waals surface area contributed by atoms with Crippen LogP contribution in [0.5, 0.6) is 5.75 Å². The van der Waals surface area contributed by atoms with E-state index < -0.39 is 11.1 Å². The summed E-state index contributed by atoms with van der Waals surface area (Å²) in [5, 5.41) is 0.398. The number of carbonyl (C=O) groups excluding carboxylic acids is 1. The molecule has 1 heterocycles. The molecule has 0 amide bonds. The zero-order chi connectivity index (χ0) is 22.0. The van der Waals surface area contributed by atoms with Crippen LogP contribution < -0.4 is 15.9 Å². The minimum Gasteiger partial charge on any atom is -0.496 e. The van der Waals surface area contributed by atoms with Crippen LogP contribution in [0.3, 0.4) is 0 Å². The van der Waals surface area contributed by atoms with E-state index in [1.54, 1.807) is 42.5 Å². The van der Waals surface area contributed by atoms with Gasteiger partial charge in [-0.1, -0.05) is 54.1 Å². The van der Waals surface area contributed by atoms with Crippen molar-refractivity contribution in [2.24, 2.45) is 0 Å². The number of fused-ring (bicyclic) bond motifs is 1. The van der Waals surface area contributed by atoms with Crippen molar-refractivity contribution in [3.8, 4) is 5.75 Å². The maximum atomic E-state index is 13.0. The number of ketones is 1. The van der Waals surface area contributed by atoms with Gasteiger partial charge in [-0.3, -0.25) is 23.5 Å². The lowest BCUT2D eigenvalue weighted by atomic mass is 10.1. The Balaban J connectivity index is 1.87. The van der Waals surface area contributed by atoms with Gasteiger partial charge >= 0.3 is 11.1 Å². The van der Waals surface area contributed by atoms with E-state index in [2.05, 4.69) is 0 Å². The number of hydrogen-bond donors (Lipinski definition) is 0. The van der Waals surface area contributed by atoms with E-state index in [1.165, 1.54) is 16.2 Å². The molecule has 0 N–H and O–H groups in total. The molecule has 0 aliphatic heterocycles. The Kier molecular flexibility index (Phi) is 5.73. The van der Waals surface area contributed by atoms with Crippen LogP contribution in [0.15, 0.2) is 82.4 Å². The quantitative estimate of drug-likeness (QED) is 0.342. The minimum atomic E-state index is -0.783. The van der Waals surface area contributed by atoms with Crippen LogP contribution in [-0.2, 0) is 13.1 Å². The highest BCUT2D eigenvalue weighted by Gasteiger charge is 2.18. The number of ether oxygens (including phenoxy) is 1. The fourth-order valence-electron chi connectivity index (χ4n) is 3.57. The molecule has 0 aliphatic rings. The molecule has 4 aromatic rings. The Bertz CT molecular complexity index is 1390. The highest BCUT2D eigenvalue weighted by Crippen LogP contribution is 2.21. The van der Waals surface area contributed by atoms with Crippen LogP contribution in [0.4, 0.5) is 0 Å². The van der Waals surface area contributed by atoms with Crippen molar-refractivity contribution < 1.29 is 9.53 Å². The van der Waals surface area contributed by atoms with Gasteiger partial charge in [0.1, 0.15) is 5.75 Å². The molecule has 1 aromatic heterocycles. The molecule has 0 fully saturated rings. The number of rotatable bonds is 6. The molecule has 0 saturated heterocycles. The average Bonchev–Trinajstić information content (AvgIpc) is 2.80. The van der Waals surface area contributed by atoms with Gasteiger partial charge in [-0.15, -0.1) is 0 Å². The second kappa shape index (κ2) is 8.62. The molecule has 0 unspecified atom stereocenters. The predicted molar refractivity (Wildman–Crippen MR) is 120 cm³/mol. The maximum absolute atomic E-state index is 13.0. The van der Waals surface area contributed by atoms with Gasteiger partial charge in [0.2, 0.25) is 0 Å². The number of benzene rings is 3. The average molecular weight is 435 g/mol. The lowest BCUT2D eigenvalue weighted by molar-refractivity contribution is 0.0969. The molecule has 6 nitrogen and oxygen atoms in total. The number of nitrogens with zero attached hydrogens (tertiary/aromatic N) is 2. The molecule has 156 valence electrons. The number of aromatic nitrogens is 2. The summed E-state index contributed by atoms with van der Waals surface area (Å²) in [5.41, 5.74) is 0.658. The van der Waals surface area contributed by atoms with Crippen molar-refractivity contribution in [3.05, 3.63) is 110 Å². The molecule has 0 atom stereocenters. The zero-order valence-electron chi connectivity index (χ0n) is 16.7. The van der Waals surface area contributed by atoms with Gasteiger partial charge < -0.3 is 4.74 Å². The first-order valence-corrected chi connectivity index (χ1v) is 10.0. The number of hydrogen-bond acceptors (Lipinski definition) is 4. The number of carbonyl (C=O) groups is 1. The van der Waals surface area contributed by atoms with Crippen molar-refractivity contribution in [1.82, 2.24) is 9.13 Å². The topological polar surface area (TPSA) is 70.3 Å². The normalized spacial score (nSPS) is 10.9. The molecule has 31 heavy (non-hydrogen) atoms. The lowest BCUT2D eigenvalue weighted by Crippen LogP contribution is -2.42. The highest BCUT2D eigenvalue weighted by atomic mass is 35.5. The lowest BCUT2D eigenvalue weighted by Gasteiger charge is -2.16. The molecular weight excluding hydrogens is 416 g/mol. The van der Waals surface area contributed by atoms with E-state index in [4.69, 9.17) is 16.3 Å². The maximum Gasteiger partial charge on any atom is 0.317 e. The Labute approximate surface area is 182 Å². The summed E-state index contributed by atoms with van der Waals surface area (Å²) in [5.74, 6) is 0.0568. The smallest absolute Gasteiger partial charge is 0.317 e. The third kappa shape index (κ3) is 4.02. The Hall–Kier alpha value is -3.64. The van der Waals surface area contributed by atoms with Gasteiger partial charge in [0, 0.05) is 5.02 Å². The van der Waals surface area contributed by atoms with Crippen molar-refractivity contribution in [3.63, 3.8) is 0 Å². The number of para-hydroxylation sites is 1. The molecule has 0 aliphatic carbocycles. The first-order valence-electron chi connectivity index (χ1n) is 9.62. The second-order valence-corrected chi connectivity index (χ2v) is 7.46. The summed E-state index contributed by atoms with van der Waals surface area (Å²) < 4.78 is 7.85. The largest absolute Gasteiger partial charge is 0.496 e. The minimum absolute atomic E-state index is 0.230. The summed E-state index contributed by atoms with van der Waals surface area (Å²) >= 11 is 6.19. The van der Waals surface area contributed by atoms with E-state index in [9.17, 15) is 14.4 Å². The first kappa shape index (κ1) is 20.6. The Morgan fingerprint density at radius 3 is 2.29 bits per heavy atom. The molecule has 0 spiro atoms. The van der Waals surface area contributed by atoms with Crippen LogP contribution in [0.2, 0.25) is 5.02 Å². The molecule has 7 heteroatoms. The second-order valence-electron chi connectivity index (χ2n) is 7.02. The first-order chi connectivity index (χ1) is 15.0. The fraction of sp³-hybridized carbons (Fsp3) is 0.125.